The summed E-state index contributed by atoms with van der Waals surface area (Å²) in [4.78, 5) is 0. The van der Waals surface area contributed by atoms with E-state index in [1.165, 1.54) is 10.9 Å². The molecule has 0 aliphatic heterocycles. The highest BCUT2D eigenvalue weighted by molar-refractivity contribution is 8.13. The lowest BCUT2D eigenvalue weighted by Crippen LogP contribution is -2.02. The van der Waals surface area contributed by atoms with Crippen LogP contribution in [0.5, 0.6) is 0 Å². The van der Waals surface area contributed by atoms with Crippen LogP contribution in [0.4, 0.5) is 0 Å². The zero-order valence-electron chi connectivity index (χ0n) is 9.38. The van der Waals surface area contributed by atoms with E-state index in [1.807, 2.05) is 31.2 Å². The summed E-state index contributed by atoms with van der Waals surface area (Å²) in [5.41, 5.74) is 2.40. The molecule has 2 aromatic rings. The van der Waals surface area contributed by atoms with Gasteiger partial charge in [0.25, 0.3) is 9.05 Å². The summed E-state index contributed by atoms with van der Waals surface area (Å²) in [6.45, 7) is 1.96. The first-order valence-corrected chi connectivity index (χ1v) is 7.24. The topological polar surface area (TPSA) is 52.0 Å². The highest BCUT2D eigenvalue weighted by Crippen LogP contribution is 2.29. The van der Waals surface area contributed by atoms with E-state index in [-0.39, 0.29) is 5.03 Å². The van der Waals surface area contributed by atoms with Crippen LogP contribution in [-0.4, -0.2) is 18.2 Å². The predicted octanol–water partition coefficient (Wildman–Crippen LogP) is 2.32. The van der Waals surface area contributed by atoms with E-state index in [1.54, 1.807) is 7.05 Å². The number of hydrogen-bond acceptors (Lipinski definition) is 3. The van der Waals surface area contributed by atoms with Crippen LogP contribution in [-0.2, 0) is 16.1 Å². The molecule has 0 amide bonds. The summed E-state index contributed by atoms with van der Waals surface area (Å²) < 4.78 is 24.2. The second-order valence-electron chi connectivity index (χ2n) is 3.79. The van der Waals surface area contributed by atoms with Crippen molar-refractivity contribution in [2.45, 2.75) is 11.9 Å². The standard InChI is InChI=1S/C11H11ClN2O2S/c1-8-3-5-9(6-4-8)10-7-13-14(2)11(10)17(12,15)16/h3-7H,1-2H3. The second kappa shape index (κ2) is 4.16. The Balaban J connectivity index is 2.65. The maximum absolute atomic E-state index is 11.5. The first-order valence-electron chi connectivity index (χ1n) is 4.93. The van der Waals surface area contributed by atoms with Gasteiger partial charge in [-0.2, -0.15) is 5.10 Å². The molecular weight excluding hydrogens is 260 g/mol. The zero-order valence-corrected chi connectivity index (χ0v) is 11.0. The lowest BCUT2D eigenvalue weighted by molar-refractivity contribution is 0.591. The Morgan fingerprint density at radius 1 is 1.24 bits per heavy atom. The molecule has 6 heteroatoms. The van der Waals surface area contributed by atoms with Crippen LogP contribution in [0.25, 0.3) is 11.1 Å². The molecule has 90 valence electrons. The van der Waals surface area contributed by atoms with Gasteiger partial charge < -0.3 is 0 Å². The molecular formula is C11H11ClN2O2S. The van der Waals surface area contributed by atoms with Gasteiger partial charge in [0.15, 0.2) is 5.03 Å². The van der Waals surface area contributed by atoms with Gasteiger partial charge in [0, 0.05) is 23.3 Å². The Labute approximate surface area is 104 Å². The van der Waals surface area contributed by atoms with E-state index in [4.69, 9.17) is 10.7 Å². The Bertz CT molecular complexity index is 645. The smallest absolute Gasteiger partial charge is 0.256 e. The second-order valence-corrected chi connectivity index (χ2v) is 6.27. The van der Waals surface area contributed by atoms with Crippen molar-refractivity contribution in [3.8, 4) is 11.1 Å². The minimum absolute atomic E-state index is 0.0167. The Kier molecular flexibility index (Phi) is 2.97. The molecule has 0 spiro atoms. The lowest BCUT2D eigenvalue weighted by atomic mass is 10.1. The highest BCUT2D eigenvalue weighted by atomic mass is 35.7. The summed E-state index contributed by atoms with van der Waals surface area (Å²) in [6, 6.07) is 7.51. The fourth-order valence-electron chi connectivity index (χ4n) is 1.65. The van der Waals surface area contributed by atoms with Gasteiger partial charge in [0.2, 0.25) is 0 Å². The van der Waals surface area contributed by atoms with Crippen molar-refractivity contribution in [3.63, 3.8) is 0 Å². The Morgan fingerprint density at radius 2 is 1.82 bits per heavy atom. The van der Waals surface area contributed by atoms with Crippen molar-refractivity contribution in [2.24, 2.45) is 7.05 Å². The van der Waals surface area contributed by atoms with Crippen LogP contribution in [0.1, 0.15) is 5.56 Å². The third-order valence-corrected chi connectivity index (χ3v) is 3.86. The molecule has 0 N–H and O–H groups in total. The van der Waals surface area contributed by atoms with Crippen LogP contribution >= 0.6 is 10.7 Å². The van der Waals surface area contributed by atoms with E-state index in [0.29, 0.717) is 5.56 Å². The van der Waals surface area contributed by atoms with Gasteiger partial charge in [-0.3, -0.25) is 4.68 Å². The number of benzene rings is 1. The molecule has 4 nitrogen and oxygen atoms in total. The van der Waals surface area contributed by atoms with E-state index < -0.39 is 9.05 Å². The van der Waals surface area contributed by atoms with Gasteiger partial charge in [0.1, 0.15) is 0 Å². The van der Waals surface area contributed by atoms with Gasteiger partial charge in [-0.1, -0.05) is 29.8 Å². The fourth-order valence-corrected chi connectivity index (χ4v) is 2.99. The molecule has 0 saturated carbocycles. The maximum Gasteiger partial charge on any atom is 0.278 e. The third kappa shape index (κ3) is 2.35. The average molecular weight is 271 g/mol. The molecule has 17 heavy (non-hydrogen) atoms. The van der Waals surface area contributed by atoms with E-state index in [2.05, 4.69) is 5.10 Å². The van der Waals surface area contributed by atoms with Crippen molar-refractivity contribution in [3.05, 3.63) is 36.0 Å². The molecule has 0 unspecified atom stereocenters. The molecule has 0 atom stereocenters. The van der Waals surface area contributed by atoms with Crippen LogP contribution < -0.4 is 0 Å². The number of hydrogen-bond donors (Lipinski definition) is 0. The molecule has 1 aromatic carbocycles. The first kappa shape index (κ1) is 12.1. The number of nitrogens with zero attached hydrogens (tertiary/aromatic N) is 2. The Hall–Kier alpha value is -1.33. The van der Waals surface area contributed by atoms with E-state index >= 15 is 0 Å². The van der Waals surface area contributed by atoms with Crippen molar-refractivity contribution >= 4 is 19.7 Å². The van der Waals surface area contributed by atoms with Crippen LogP contribution in [0.2, 0.25) is 0 Å². The normalized spacial score (nSPS) is 11.7. The maximum atomic E-state index is 11.5. The van der Waals surface area contributed by atoms with Crippen molar-refractivity contribution < 1.29 is 8.42 Å². The lowest BCUT2D eigenvalue weighted by Gasteiger charge is -2.03. The SMILES string of the molecule is Cc1ccc(-c2cnn(C)c2S(=O)(=O)Cl)cc1. The highest BCUT2D eigenvalue weighted by Gasteiger charge is 2.21. The van der Waals surface area contributed by atoms with E-state index in [0.717, 1.165) is 11.1 Å². The van der Waals surface area contributed by atoms with Crippen molar-refractivity contribution in [1.29, 1.82) is 0 Å². The monoisotopic (exact) mass is 270 g/mol. The molecule has 0 aliphatic rings. The van der Waals surface area contributed by atoms with Gasteiger partial charge >= 0.3 is 0 Å². The minimum Gasteiger partial charge on any atom is -0.256 e. The van der Waals surface area contributed by atoms with Gasteiger partial charge in [0.05, 0.1) is 6.20 Å². The molecule has 2 rings (SSSR count). The predicted molar refractivity (Wildman–Crippen MR) is 66.4 cm³/mol. The van der Waals surface area contributed by atoms with Crippen LogP contribution in [0, 0.1) is 6.92 Å². The van der Waals surface area contributed by atoms with Gasteiger partial charge in [-0.15, -0.1) is 0 Å². The summed E-state index contributed by atoms with van der Waals surface area (Å²) >= 11 is 0. The third-order valence-electron chi connectivity index (χ3n) is 2.48. The minimum atomic E-state index is -3.81. The summed E-state index contributed by atoms with van der Waals surface area (Å²) in [5, 5.41) is 3.95. The molecule has 1 aromatic heterocycles. The number of aromatic nitrogens is 2. The van der Waals surface area contributed by atoms with Gasteiger partial charge in [-0.05, 0) is 12.5 Å². The van der Waals surface area contributed by atoms with Crippen LogP contribution in [0.3, 0.4) is 0 Å². The summed E-state index contributed by atoms with van der Waals surface area (Å²) in [6.07, 6.45) is 1.50. The first-order chi connectivity index (χ1) is 7.89. The molecule has 0 aliphatic carbocycles. The molecule has 0 radical (unpaired) electrons. The number of halogens is 1. The Morgan fingerprint density at radius 3 is 2.35 bits per heavy atom. The molecule has 1 heterocycles. The summed E-state index contributed by atoms with van der Waals surface area (Å²) in [5.74, 6) is 0. The van der Waals surface area contributed by atoms with Crippen molar-refractivity contribution in [1.82, 2.24) is 9.78 Å². The number of rotatable bonds is 2. The molecule has 0 bridgehead atoms. The molecule has 0 fully saturated rings. The number of aryl methyl sites for hydroxylation is 2. The van der Waals surface area contributed by atoms with E-state index in [9.17, 15) is 8.42 Å². The van der Waals surface area contributed by atoms with Crippen molar-refractivity contribution in [2.75, 3.05) is 0 Å². The summed E-state index contributed by atoms with van der Waals surface area (Å²) in [7, 11) is 3.15. The zero-order chi connectivity index (χ0) is 12.6. The molecule has 0 saturated heterocycles. The average Bonchev–Trinajstić information content (AvgIpc) is 2.61. The quantitative estimate of drug-likeness (QED) is 0.787. The largest absolute Gasteiger partial charge is 0.278 e. The van der Waals surface area contributed by atoms with Crippen LogP contribution in [0.15, 0.2) is 35.5 Å². The van der Waals surface area contributed by atoms with Gasteiger partial charge in [-0.25, -0.2) is 8.42 Å². The fraction of sp³-hybridized carbons (Fsp3) is 0.182.